The fourth-order valence-electron chi connectivity index (χ4n) is 1.50. The van der Waals surface area contributed by atoms with Gasteiger partial charge in [0.25, 0.3) is 0 Å². The van der Waals surface area contributed by atoms with E-state index in [0.717, 1.165) is 18.2 Å². The third-order valence-corrected chi connectivity index (χ3v) is 4.31. The lowest BCUT2D eigenvalue weighted by Crippen LogP contribution is -2.28. The zero-order chi connectivity index (χ0) is 14.8. The first kappa shape index (κ1) is 15.0. The number of halogens is 2. The molecule has 1 aromatic heterocycles. The number of aliphatic hydroxyl groups is 1. The van der Waals surface area contributed by atoms with Gasteiger partial charge in [-0.25, -0.2) is 17.5 Å². The van der Waals surface area contributed by atoms with Gasteiger partial charge in [0, 0.05) is 12.1 Å². The van der Waals surface area contributed by atoms with E-state index in [1.165, 1.54) is 18.6 Å². The maximum atomic E-state index is 13.0. The van der Waals surface area contributed by atoms with E-state index < -0.39 is 21.9 Å². The van der Waals surface area contributed by atoms with Gasteiger partial charge >= 0.3 is 0 Å². The van der Waals surface area contributed by atoms with Crippen LogP contribution in [-0.2, 0) is 10.0 Å². The van der Waals surface area contributed by atoms with Crippen LogP contribution >= 0.6 is 11.6 Å². The topological polar surface area (TPSA) is 79.5 Å². The Hall–Kier alpha value is -1.41. The molecule has 0 unspecified atom stereocenters. The van der Waals surface area contributed by atoms with E-state index in [4.69, 9.17) is 16.0 Å². The molecule has 0 fully saturated rings. The van der Waals surface area contributed by atoms with Gasteiger partial charge in [0.1, 0.15) is 5.82 Å². The molecule has 20 heavy (non-hydrogen) atoms. The van der Waals surface area contributed by atoms with Crippen molar-refractivity contribution in [2.75, 3.05) is 6.54 Å². The summed E-state index contributed by atoms with van der Waals surface area (Å²) in [7, 11) is -3.88. The van der Waals surface area contributed by atoms with E-state index >= 15 is 0 Å². The van der Waals surface area contributed by atoms with Crippen molar-refractivity contribution in [1.29, 1.82) is 0 Å². The van der Waals surface area contributed by atoms with Crippen LogP contribution in [-0.4, -0.2) is 20.1 Å². The van der Waals surface area contributed by atoms with Crippen LogP contribution in [0.15, 0.2) is 46.1 Å². The van der Waals surface area contributed by atoms with Gasteiger partial charge in [0.15, 0.2) is 0 Å². The highest BCUT2D eigenvalue weighted by Gasteiger charge is 2.18. The minimum Gasteiger partial charge on any atom is -0.472 e. The standard InChI is InChI=1S/C12H11ClFNO4S/c13-10-5-9(1-2-11(10)14)20(17,18)15-6-12(16)8-3-4-19-7-8/h1-5,7,12,15-16H,6H2/t12-/m0/s1. The zero-order valence-corrected chi connectivity index (χ0v) is 11.7. The van der Waals surface area contributed by atoms with Crippen molar-refractivity contribution in [3.63, 3.8) is 0 Å². The summed E-state index contributed by atoms with van der Waals surface area (Å²) in [5.74, 6) is -0.705. The van der Waals surface area contributed by atoms with E-state index in [9.17, 15) is 17.9 Å². The number of furan rings is 1. The van der Waals surface area contributed by atoms with Crippen molar-refractivity contribution in [2.45, 2.75) is 11.0 Å². The Morgan fingerprint density at radius 2 is 2.15 bits per heavy atom. The van der Waals surface area contributed by atoms with E-state index in [0.29, 0.717) is 5.56 Å². The Morgan fingerprint density at radius 1 is 1.40 bits per heavy atom. The molecular weight excluding hydrogens is 309 g/mol. The van der Waals surface area contributed by atoms with Crippen LogP contribution < -0.4 is 4.72 Å². The van der Waals surface area contributed by atoms with Crippen molar-refractivity contribution in [3.8, 4) is 0 Å². The minimum absolute atomic E-state index is 0.178. The Bertz CT molecular complexity index is 687. The lowest BCUT2D eigenvalue weighted by molar-refractivity contribution is 0.181. The van der Waals surface area contributed by atoms with Crippen LogP contribution in [0, 0.1) is 5.82 Å². The number of aliphatic hydroxyl groups excluding tert-OH is 1. The summed E-state index contributed by atoms with van der Waals surface area (Å²) < 4.78 is 43.9. The molecule has 8 heteroatoms. The Labute approximate surface area is 120 Å². The summed E-state index contributed by atoms with van der Waals surface area (Å²) in [6, 6.07) is 4.58. The fourth-order valence-corrected chi connectivity index (χ4v) is 2.81. The maximum absolute atomic E-state index is 13.0. The first-order chi connectivity index (χ1) is 9.40. The highest BCUT2D eigenvalue weighted by molar-refractivity contribution is 7.89. The molecule has 0 aliphatic rings. The molecule has 1 aromatic carbocycles. The first-order valence-electron chi connectivity index (χ1n) is 5.55. The van der Waals surface area contributed by atoms with E-state index in [-0.39, 0.29) is 16.5 Å². The Morgan fingerprint density at radius 3 is 2.75 bits per heavy atom. The van der Waals surface area contributed by atoms with Gasteiger partial charge in [0.2, 0.25) is 10.0 Å². The molecule has 0 amide bonds. The predicted molar refractivity (Wildman–Crippen MR) is 70.3 cm³/mol. The first-order valence-corrected chi connectivity index (χ1v) is 7.41. The monoisotopic (exact) mass is 319 g/mol. The number of benzene rings is 1. The molecule has 108 valence electrons. The fraction of sp³-hybridized carbons (Fsp3) is 0.167. The number of rotatable bonds is 5. The molecule has 0 saturated carbocycles. The second-order valence-corrected chi connectivity index (χ2v) is 6.17. The minimum atomic E-state index is -3.88. The number of sulfonamides is 1. The SMILES string of the molecule is O=S(=O)(NC[C@H](O)c1ccoc1)c1ccc(F)c(Cl)c1. The predicted octanol–water partition coefficient (Wildman–Crippen LogP) is 2.08. The molecular formula is C12H11ClFNO4S. The molecule has 0 saturated heterocycles. The Kier molecular flexibility index (Phi) is 4.44. The Balaban J connectivity index is 2.09. The van der Waals surface area contributed by atoms with Crippen molar-refractivity contribution < 1.29 is 22.3 Å². The highest BCUT2D eigenvalue weighted by Crippen LogP contribution is 2.20. The summed E-state index contributed by atoms with van der Waals surface area (Å²) in [4.78, 5) is -0.178. The molecule has 0 aliphatic heterocycles. The number of nitrogens with one attached hydrogen (secondary N) is 1. The van der Waals surface area contributed by atoms with Gasteiger partial charge < -0.3 is 9.52 Å². The third kappa shape index (κ3) is 3.37. The molecule has 2 aromatic rings. The number of hydrogen-bond donors (Lipinski definition) is 2. The quantitative estimate of drug-likeness (QED) is 0.884. The van der Waals surface area contributed by atoms with Gasteiger partial charge in [-0.2, -0.15) is 0 Å². The molecule has 1 heterocycles. The second-order valence-electron chi connectivity index (χ2n) is 4.00. The number of hydrogen-bond acceptors (Lipinski definition) is 4. The van der Waals surface area contributed by atoms with Gasteiger partial charge in [-0.05, 0) is 24.3 Å². The summed E-state index contributed by atoms with van der Waals surface area (Å²) in [6.45, 7) is -0.239. The lowest BCUT2D eigenvalue weighted by atomic mass is 10.2. The van der Waals surface area contributed by atoms with Gasteiger partial charge in [0.05, 0.1) is 28.5 Å². The lowest BCUT2D eigenvalue weighted by Gasteiger charge is -2.11. The van der Waals surface area contributed by atoms with Gasteiger partial charge in [-0.15, -0.1) is 0 Å². The largest absolute Gasteiger partial charge is 0.472 e. The van der Waals surface area contributed by atoms with Crippen molar-refractivity contribution in [3.05, 3.63) is 53.2 Å². The second kappa shape index (κ2) is 5.92. The van der Waals surface area contributed by atoms with Crippen LogP contribution in [0.5, 0.6) is 0 Å². The van der Waals surface area contributed by atoms with E-state index in [1.54, 1.807) is 0 Å². The average Bonchev–Trinajstić information content (AvgIpc) is 2.93. The van der Waals surface area contributed by atoms with Crippen LogP contribution in [0.2, 0.25) is 5.02 Å². The van der Waals surface area contributed by atoms with Crippen LogP contribution in [0.3, 0.4) is 0 Å². The molecule has 0 aliphatic carbocycles. The summed E-state index contributed by atoms with van der Waals surface area (Å²) in [5, 5.41) is 9.46. The van der Waals surface area contributed by atoms with Gasteiger partial charge in [-0.3, -0.25) is 0 Å². The van der Waals surface area contributed by atoms with Crippen LogP contribution in [0.1, 0.15) is 11.7 Å². The molecule has 0 radical (unpaired) electrons. The molecule has 5 nitrogen and oxygen atoms in total. The van der Waals surface area contributed by atoms with Crippen molar-refractivity contribution >= 4 is 21.6 Å². The highest BCUT2D eigenvalue weighted by atomic mass is 35.5. The summed E-state index contributed by atoms with van der Waals surface area (Å²) in [5.41, 5.74) is 0.449. The summed E-state index contributed by atoms with van der Waals surface area (Å²) >= 11 is 5.53. The van der Waals surface area contributed by atoms with Crippen LogP contribution in [0.25, 0.3) is 0 Å². The molecule has 2 N–H and O–H groups in total. The van der Waals surface area contributed by atoms with E-state index in [1.807, 2.05) is 0 Å². The van der Waals surface area contributed by atoms with Crippen molar-refractivity contribution in [1.82, 2.24) is 4.72 Å². The molecule has 2 rings (SSSR count). The van der Waals surface area contributed by atoms with E-state index in [2.05, 4.69) is 4.72 Å². The average molecular weight is 320 g/mol. The normalized spacial score (nSPS) is 13.3. The maximum Gasteiger partial charge on any atom is 0.240 e. The smallest absolute Gasteiger partial charge is 0.240 e. The third-order valence-electron chi connectivity index (χ3n) is 2.60. The summed E-state index contributed by atoms with van der Waals surface area (Å²) in [6.07, 6.45) is 1.64. The van der Waals surface area contributed by atoms with Gasteiger partial charge in [-0.1, -0.05) is 11.6 Å². The molecule has 0 bridgehead atoms. The molecule has 0 spiro atoms. The zero-order valence-electron chi connectivity index (χ0n) is 10.1. The van der Waals surface area contributed by atoms with Crippen molar-refractivity contribution in [2.24, 2.45) is 0 Å². The molecule has 1 atom stereocenters. The van der Waals surface area contributed by atoms with Crippen LogP contribution in [0.4, 0.5) is 4.39 Å².